The van der Waals surface area contributed by atoms with Gasteiger partial charge in [0.15, 0.2) is 0 Å². The summed E-state index contributed by atoms with van der Waals surface area (Å²) in [7, 11) is 0. The van der Waals surface area contributed by atoms with Crippen molar-refractivity contribution in [3.8, 4) is 0 Å². The number of para-hydroxylation sites is 1. The maximum Gasteiger partial charge on any atom is 0.316 e. The summed E-state index contributed by atoms with van der Waals surface area (Å²) in [5.41, 5.74) is 1.60. The molecule has 2 aromatic rings. The highest BCUT2D eigenvalue weighted by Crippen LogP contribution is 2.21. The third kappa shape index (κ3) is 5.62. The SMILES string of the molecule is CC(C)C[C@@H](NC(=O)[C@@H](Cc1c[nH]c2ccccc12)C(=O)O)NC(=O)[C@@H]1CCC(=O)N1. The highest BCUT2D eigenvalue weighted by molar-refractivity contribution is 5.98. The van der Waals surface area contributed by atoms with Crippen molar-refractivity contribution in [2.45, 2.75) is 51.7 Å². The van der Waals surface area contributed by atoms with Gasteiger partial charge in [0.1, 0.15) is 18.1 Å². The second-order valence-corrected chi connectivity index (χ2v) is 8.31. The third-order valence-electron chi connectivity index (χ3n) is 5.37. The summed E-state index contributed by atoms with van der Waals surface area (Å²) in [6, 6.07) is 6.84. The van der Waals surface area contributed by atoms with Gasteiger partial charge in [0.2, 0.25) is 17.7 Å². The molecule has 1 aliphatic heterocycles. The molecule has 166 valence electrons. The summed E-state index contributed by atoms with van der Waals surface area (Å²) in [4.78, 5) is 51.7. The standard InChI is InChI=1S/C22H28N4O5/c1-12(2)9-18(26-21(29)17-7-8-19(27)24-17)25-20(28)15(22(30)31)10-13-11-23-16-6-4-3-5-14(13)16/h3-6,11-12,15,17-18,23H,7-10H2,1-2H3,(H,24,27)(H,25,28)(H,26,29)(H,30,31)/t15-,17+,18+/m1/s1. The lowest BCUT2D eigenvalue weighted by Crippen LogP contribution is -2.55. The Labute approximate surface area is 180 Å². The Bertz CT molecular complexity index is 983. The molecule has 2 heterocycles. The molecular formula is C22H28N4O5. The van der Waals surface area contributed by atoms with Gasteiger partial charge in [-0.15, -0.1) is 0 Å². The molecule has 0 radical (unpaired) electrons. The number of aromatic amines is 1. The first-order chi connectivity index (χ1) is 14.7. The molecule has 0 spiro atoms. The smallest absolute Gasteiger partial charge is 0.316 e. The lowest BCUT2D eigenvalue weighted by atomic mass is 9.97. The zero-order valence-corrected chi connectivity index (χ0v) is 17.6. The number of fused-ring (bicyclic) bond motifs is 1. The molecule has 31 heavy (non-hydrogen) atoms. The van der Waals surface area contributed by atoms with Gasteiger partial charge < -0.3 is 26.0 Å². The van der Waals surface area contributed by atoms with E-state index in [0.29, 0.717) is 12.8 Å². The predicted molar refractivity (Wildman–Crippen MR) is 114 cm³/mol. The van der Waals surface area contributed by atoms with E-state index < -0.39 is 30.0 Å². The van der Waals surface area contributed by atoms with E-state index in [9.17, 15) is 24.3 Å². The van der Waals surface area contributed by atoms with Gasteiger partial charge >= 0.3 is 5.97 Å². The molecule has 1 saturated heterocycles. The Hall–Kier alpha value is -3.36. The van der Waals surface area contributed by atoms with Gasteiger partial charge in [0, 0.05) is 23.5 Å². The fourth-order valence-electron chi connectivity index (χ4n) is 3.79. The second-order valence-electron chi connectivity index (χ2n) is 8.31. The van der Waals surface area contributed by atoms with E-state index in [1.807, 2.05) is 38.1 Å². The Morgan fingerprint density at radius 3 is 2.58 bits per heavy atom. The van der Waals surface area contributed by atoms with Crippen molar-refractivity contribution >= 4 is 34.6 Å². The average Bonchev–Trinajstić information content (AvgIpc) is 3.31. The van der Waals surface area contributed by atoms with Crippen molar-refractivity contribution in [3.05, 3.63) is 36.0 Å². The molecule has 9 heteroatoms. The number of hydrogen-bond donors (Lipinski definition) is 5. The minimum absolute atomic E-state index is 0.0200. The number of aliphatic carboxylic acids is 1. The molecule has 5 N–H and O–H groups in total. The maximum atomic E-state index is 12.9. The first kappa shape index (κ1) is 22.3. The molecule has 0 saturated carbocycles. The van der Waals surface area contributed by atoms with E-state index in [-0.39, 0.29) is 30.6 Å². The summed E-state index contributed by atoms with van der Waals surface area (Å²) >= 11 is 0. The van der Waals surface area contributed by atoms with E-state index in [0.717, 1.165) is 16.5 Å². The van der Waals surface area contributed by atoms with Crippen LogP contribution in [0, 0.1) is 11.8 Å². The molecule has 1 aromatic heterocycles. The van der Waals surface area contributed by atoms with Gasteiger partial charge in [-0.2, -0.15) is 0 Å². The summed E-state index contributed by atoms with van der Waals surface area (Å²) < 4.78 is 0. The molecule has 1 aliphatic rings. The Morgan fingerprint density at radius 2 is 1.94 bits per heavy atom. The second kappa shape index (κ2) is 9.63. The average molecular weight is 428 g/mol. The van der Waals surface area contributed by atoms with E-state index in [1.165, 1.54) is 0 Å². The number of aromatic nitrogens is 1. The Balaban J connectivity index is 1.70. The fourth-order valence-corrected chi connectivity index (χ4v) is 3.79. The highest BCUT2D eigenvalue weighted by Gasteiger charge is 2.32. The zero-order valence-electron chi connectivity index (χ0n) is 17.6. The predicted octanol–water partition coefficient (Wildman–Crippen LogP) is 1.29. The van der Waals surface area contributed by atoms with Crippen molar-refractivity contribution in [1.82, 2.24) is 20.9 Å². The minimum Gasteiger partial charge on any atom is -0.481 e. The van der Waals surface area contributed by atoms with Crippen LogP contribution in [0.4, 0.5) is 0 Å². The first-order valence-electron chi connectivity index (χ1n) is 10.4. The molecule has 1 aromatic carbocycles. The number of benzene rings is 1. The molecule has 0 aliphatic carbocycles. The van der Waals surface area contributed by atoms with Crippen LogP contribution in [-0.2, 0) is 25.6 Å². The lowest BCUT2D eigenvalue weighted by Gasteiger charge is -2.25. The van der Waals surface area contributed by atoms with Crippen LogP contribution in [0.2, 0.25) is 0 Å². The summed E-state index contributed by atoms with van der Waals surface area (Å²) in [5, 5.41) is 18.6. The van der Waals surface area contributed by atoms with E-state index >= 15 is 0 Å². The summed E-state index contributed by atoms with van der Waals surface area (Å²) in [5.74, 6) is -3.65. The van der Waals surface area contributed by atoms with Crippen molar-refractivity contribution in [2.24, 2.45) is 11.8 Å². The number of carbonyl (C=O) groups excluding carboxylic acids is 3. The Kier molecular flexibility index (Phi) is 6.94. The molecular weight excluding hydrogens is 400 g/mol. The number of rotatable bonds is 9. The van der Waals surface area contributed by atoms with Crippen molar-refractivity contribution < 1.29 is 24.3 Å². The molecule has 0 unspecified atom stereocenters. The highest BCUT2D eigenvalue weighted by atomic mass is 16.4. The van der Waals surface area contributed by atoms with Crippen LogP contribution >= 0.6 is 0 Å². The number of amides is 3. The van der Waals surface area contributed by atoms with Crippen molar-refractivity contribution in [1.29, 1.82) is 0 Å². The molecule has 3 amide bonds. The van der Waals surface area contributed by atoms with Crippen LogP contribution in [0.5, 0.6) is 0 Å². The summed E-state index contributed by atoms with van der Waals surface area (Å²) in [6.45, 7) is 3.87. The van der Waals surface area contributed by atoms with Crippen LogP contribution in [0.25, 0.3) is 10.9 Å². The minimum atomic E-state index is -1.31. The zero-order chi connectivity index (χ0) is 22.5. The monoisotopic (exact) mass is 428 g/mol. The molecule has 3 atom stereocenters. The van der Waals surface area contributed by atoms with Gasteiger partial charge in [0.05, 0.1) is 0 Å². The molecule has 9 nitrogen and oxygen atoms in total. The largest absolute Gasteiger partial charge is 0.481 e. The van der Waals surface area contributed by atoms with Crippen LogP contribution < -0.4 is 16.0 Å². The van der Waals surface area contributed by atoms with Gasteiger partial charge in [-0.05, 0) is 36.8 Å². The number of hydrogen-bond acceptors (Lipinski definition) is 4. The van der Waals surface area contributed by atoms with Gasteiger partial charge in [-0.25, -0.2) is 0 Å². The van der Waals surface area contributed by atoms with Crippen LogP contribution in [0.1, 0.15) is 38.7 Å². The van der Waals surface area contributed by atoms with Crippen LogP contribution in [-0.4, -0.2) is 46.0 Å². The Morgan fingerprint density at radius 1 is 1.19 bits per heavy atom. The molecule has 0 bridgehead atoms. The first-order valence-corrected chi connectivity index (χ1v) is 10.4. The van der Waals surface area contributed by atoms with Crippen molar-refractivity contribution in [2.75, 3.05) is 0 Å². The number of carboxylic acids is 1. The normalized spacial score (nSPS) is 17.9. The van der Waals surface area contributed by atoms with Crippen LogP contribution in [0.3, 0.4) is 0 Å². The van der Waals surface area contributed by atoms with E-state index in [1.54, 1.807) is 6.20 Å². The van der Waals surface area contributed by atoms with Gasteiger partial charge in [-0.1, -0.05) is 32.0 Å². The number of carbonyl (C=O) groups is 4. The summed E-state index contributed by atoms with van der Waals surface area (Å²) in [6.07, 6.45) is 2.10. The third-order valence-corrected chi connectivity index (χ3v) is 5.37. The van der Waals surface area contributed by atoms with Gasteiger partial charge in [-0.3, -0.25) is 19.2 Å². The maximum absolute atomic E-state index is 12.9. The lowest BCUT2D eigenvalue weighted by molar-refractivity contribution is -0.147. The molecule has 1 fully saturated rings. The quantitative estimate of drug-likeness (QED) is 0.302. The fraction of sp³-hybridized carbons (Fsp3) is 0.455. The van der Waals surface area contributed by atoms with Crippen molar-refractivity contribution in [3.63, 3.8) is 0 Å². The van der Waals surface area contributed by atoms with Gasteiger partial charge in [0.25, 0.3) is 0 Å². The number of nitrogens with one attached hydrogen (secondary N) is 4. The topological polar surface area (TPSA) is 140 Å². The van der Waals surface area contributed by atoms with Crippen LogP contribution in [0.15, 0.2) is 30.5 Å². The number of carboxylic acid groups (broad SMARTS) is 1. The number of H-pyrrole nitrogens is 1. The molecule has 3 rings (SSSR count). The van der Waals surface area contributed by atoms with E-state index in [4.69, 9.17) is 0 Å². The van der Waals surface area contributed by atoms with E-state index in [2.05, 4.69) is 20.9 Å².